The van der Waals surface area contributed by atoms with Crippen LogP contribution in [0.3, 0.4) is 0 Å². The van der Waals surface area contributed by atoms with Gasteiger partial charge < -0.3 is 0 Å². The van der Waals surface area contributed by atoms with E-state index in [1.165, 1.54) is 34.6 Å². The molecule has 9 heteroatoms. The fourth-order valence-corrected chi connectivity index (χ4v) is 6.21. The summed E-state index contributed by atoms with van der Waals surface area (Å²) >= 11 is 0. The summed E-state index contributed by atoms with van der Waals surface area (Å²) in [5, 5.41) is 11.3. The molecule has 0 aliphatic carbocycles. The van der Waals surface area contributed by atoms with Crippen LogP contribution in [0.1, 0.15) is 24.0 Å². The summed E-state index contributed by atoms with van der Waals surface area (Å²) in [4.78, 5) is 13.3. The van der Waals surface area contributed by atoms with Crippen molar-refractivity contribution >= 4 is 21.4 Å². The fraction of sp³-hybridized carbons (Fsp3) is 0.280. The molecule has 34 heavy (non-hydrogen) atoms. The zero-order valence-electron chi connectivity index (χ0n) is 18.8. The molecule has 1 heterocycles. The second-order valence-corrected chi connectivity index (χ2v) is 10.3. The van der Waals surface area contributed by atoms with Crippen LogP contribution in [0, 0.1) is 22.9 Å². The second-order valence-electron chi connectivity index (χ2n) is 8.49. The summed E-state index contributed by atoms with van der Waals surface area (Å²) in [5.74, 6) is -0.434. The summed E-state index contributed by atoms with van der Waals surface area (Å²) in [6, 6.07) is 18.6. The third-order valence-corrected chi connectivity index (χ3v) is 7.97. The number of para-hydroxylation sites is 1. The van der Waals surface area contributed by atoms with E-state index in [1.807, 2.05) is 13.0 Å². The van der Waals surface area contributed by atoms with Gasteiger partial charge in [-0.2, -0.15) is 0 Å². The molecule has 4 rings (SSSR count). The van der Waals surface area contributed by atoms with E-state index in [1.54, 1.807) is 36.4 Å². The van der Waals surface area contributed by atoms with Crippen molar-refractivity contribution in [2.24, 2.45) is 0 Å². The minimum absolute atomic E-state index is 0.0830. The molecule has 3 aromatic carbocycles. The molecule has 0 bridgehead atoms. The molecular weight excluding hydrogens is 457 g/mol. The van der Waals surface area contributed by atoms with Crippen LogP contribution in [0.5, 0.6) is 0 Å². The molecule has 7 nitrogen and oxygen atoms in total. The van der Waals surface area contributed by atoms with Gasteiger partial charge in [-0.3, -0.25) is 19.3 Å². The van der Waals surface area contributed by atoms with Gasteiger partial charge in [0.15, 0.2) is 0 Å². The lowest BCUT2D eigenvalue weighted by atomic mass is 10.0. The molecule has 0 atom stereocenters. The lowest BCUT2D eigenvalue weighted by Crippen LogP contribution is -2.47. The van der Waals surface area contributed by atoms with Gasteiger partial charge in [-0.05, 0) is 61.7 Å². The van der Waals surface area contributed by atoms with Crippen molar-refractivity contribution in [1.82, 2.24) is 4.90 Å². The van der Waals surface area contributed by atoms with Crippen LogP contribution in [0.4, 0.5) is 15.8 Å². The van der Waals surface area contributed by atoms with Gasteiger partial charge in [0.05, 0.1) is 15.5 Å². The van der Waals surface area contributed by atoms with Crippen LogP contribution >= 0.6 is 0 Å². The first kappa shape index (κ1) is 23.8. The number of aryl methyl sites for hydroxylation is 1. The Hall–Kier alpha value is -3.30. The Morgan fingerprint density at radius 2 is 1.71 bits per heavy atom. The average Bonchev–Trinajstić information content (AvgIpc) is 2.82. The molecule has 1 saturated heterocycles. The molecule has 0 unspecified atom stereocenters. The molecule has 3 aromatic rings. The quantitative estimate of drug-likeness (QED) is 0.353. The molecule has 0 aromatic heterocycles. The first-order valence-electron chi connectivity index (χ1n) is 11.1. The van der Waals surface area contributed by atoms with Gasteiger partial charge in [0.1, 0.15) is 5.82 Å². The van der Waals surface area contributed by atoms with Crippen molar-refractivity contribution in [3.05, 3.63) is 99.9 Å². The number of sulfonamides is 1. The third kappa shape index (κ3) is 5.10. The number of nitro benzene ring substituents is 1. The number of hydrogen-bond donors (Lipinski definition) is 0. The minimum Gasteiger partial charge on any atom is -0.299 e. The number of hydrogen-bond acceptors (Lipinski definition) is 5. The van der Waals surface area contributed by atoms with Crippen molar-refractivity contribution in [3.8, 4) is 0 Å². The van der Waals surface area contributed by atoms with E-state index in [-0.39, 0.29) is 21.5 Å². The van der Waals surface area contributed by atoms with Gasteiger partial charge in [-0.1, -0.05) is 30.3 Å². The van der Waals surface area contributed by atoms with E-state index in [0.717, 1.165) is 5.56 Å². The van der Waals surface area contributed by atoms with E-state index >= 15 is 0 Å². The maximum Gasteiger partial charge on any atom is 0.273 e. The number of rotatable bonds is 7. The third-order valence-electron chi connectivity index (χ3n) is 6.10. The summed E-state index contributed by atoms with van der Waals surface area (Å²) in [5.41, 5.74) is 1.97. The molecule has 1 aliphatic rings. The van der Waals surface area contributed by atoms with E-state index in [4.69, 9.17) is 0 Å². The van der Waals surface area contributed by atoms with Gasteiger partial charge in [0, 0.05) is 37.3 Å². The second kappa shape index (κ2) is 9.90. The zero-order valence-corrected chi connectivity index (χ0v) is 19.6. The molecule has 1 fully saturated rings. The molecule has 0 radical (unpaired) electrons. The Morgan fingerprint density at radius 3 is 2.35 bits per heavy atom. The van der Waals surface area contributed by atoms with Crippen LogP contribution in [-0.4, -0.2) is 37.4 Å². The maximum atomic E-state index is 13.7. The van der Waals surface area contributed by atoms with E-state index in [2.05, 4.69) is 4.90 Å². The summed E-state index contributed by atoms with van der Waals surface area (Å²) in [7, 11) is -3.88. The van der Waals surface area contributed by atoms with Crippen molar-refractivity contribution < 1.29 is 17.7 Å². The number of anilines is 1. The topological polar surface area (TPSA) is 83.8 Å². The minimum atomic E-state index is -3.88. The predicted octanol–water partition coefficient (Wildman–Crippen LogP) is 4.90. The number of halogens is 1. The molecule has 178 valence electrons. The lowest BCUT2D eigenvalue weighted by Gasteiger charge is -2.39. The fourth-order valence-electron chi connectivity index (χ4n) is 4.40. The van der Waals surface area contributed by atoms with Crippen LogP contribution in [0.2, 0.25) is 0 Å². The number of benzene rings is 3. The van der Waals surface area contributed by atoms with Crippen LogP contribution in [0.15, 0.2) is 77.7 Å². The number of likely N-dealkylation sites (tertiary alicyclic amines) is 1. The Balaban J connectivity index is 1.58. The molecular formula is C25H26FN3O4S. The number of piperidine rings is 1. The van der Waals surface area contributed by atoms with Crippen molar-refractivity contribution in [2.45, 2.75) is 37.2 Å². The van der Waals surface area contributed by atoms with Crippen LogP contribution in [-0.2, 0) is 16.6 Å². The monoisotopic (exact) mass is 483 g/mol. The standard InChI is InChI=1S/C25H26FN3O4S/c1-19-5-4-7-24(17-19)34(32,33)28(22-11-9-21(26)10-12-22)23-13-15-27(16-14-23)18-20-6-2-3-8-25(20)29(30)31/h2-12,17,23H,13-16,18H2,1H3. The highest BCUT2D eigenvalue weighted by Gasteiger charge is 2.34. The first-order chi connectivity index (χ1) is 16.3. The SMILES string of the molecule is Cc1cccc(S(=O)(=O)N(c2ccc(F)cc2)C2CCN(Cc3ccccc3[N+](=O)[O-])CC2)c1. The predicted molar refractivity (Wildman–Crippen MR) is 129 cm³/mol. The normalized spacial score (nSPS) is 15.2. The molecule has 1 aliphatic heterocycles. The van der Waals surface area contributed by atoms with Crippen LogP contribution in [0.25, 0.3) is 0 Å². The summed E-state index contributed by atoms with van der Waals surface area (Å²) in [6.45, 7) is 3.42. The van der Waals surface area contributed by atoms with E-state index in [9.17, 15) is 22.9 Å². The van der Waals surface area contributed by atoms with E-state index < -0.39 is 15.8 Å². The molecule has 0 saturated carbocycles. The van der Waals surface area contributed by atoms with Gasteiger partial charge in [0.25, 0.3) is 15.7 Å². The van der Waals surface area contributed by atoms with E-state index in [0.29, 0.717) is 43.7 Å². The van der Waals surface area contributed by atoms with Gasteiger partial charge in [-0.25, -0.2) is 12.8 Å². The number of nitrogens with zero attached hydrogens (tertiary/aromatic N) is 3. The highest BCUT2D eigenvalue weighted by atomic mass is 32.2. The Bertz CT molecular complexity index is 1270. The highest BCUT2D eigenvalue weighted by molar-refractivity contribution is 7.92. The Labute approximate surface area is 198 Å². The first-order valence-corrected chi connectivity index (χ1v) is 12.5. The smallest absolute Gasteiger partial charge is 0.273 e. The van der Waals surface area contributed by atoms with Crippen molar-refractivity contribution in [2.75, 3.05) is 17.4 Å². The average molecular weight is 484 g/mol. The van der Waals surface area contributed by atoms with Gasteiger partial charge in [-0.15, -0.1) is 0 Å². The van der Waals surface area contributed by atoms with Crippen LogP contribution < -0.4 is 4.31 Å². The zero-order chi connectivity index (χ0) is 24.3. The Kier molecular flexibility index (Phi) is 6.95. The largest absolute Gasteiger partial charge is 0.299 e. The molecule has 0 spiro atoms. The summed E-state index contributed by atoms with van der Waals surface area (Å²) < 4.78 is 42.4. The van der Waals surface area contributed by atoms with Crippen molar-refractivity contribution in [3.63, 3.8) is 0 Å². The lowest BCUT2D eigenvalue weighted by molar-refractivity contribution is -0.385. The van der Waals surface area contributed by atoms with Crippen molar-refractivity contribution in [1.29, 1.82) is 0 Å². The molecule has 0 N–H and O–H groups in total. The summed E-state index contributed by atoms with van der Waals surface area (Å²) in [6.07, 6.45) is 1.09. The number of nitro groups is 1. The van der Waals surface area contributed by atoms with Gasteiger partial charge in [0.2, 0.25) is 0 Å². The maximum absolute atomic E-state index is 13.7. The highest BCUT2D eigenvalue weighted by Crippen LogP contribution is 2.32. The Morgan fingerprint density at radius 1 is 1.03 bits per heavy atom. The van der Waals surface area contributed by atoms with Gasteiger partial charge >= 0.3 is 0 Å². The molecule has 0 amide bonds.